The molecule has 2 rings (SSSR count). The van der Waals surface area contributed by atoms with Crippen LogP contribution in [0, 0.1) is 13.8 Å². The van der Waals surface area contributed by atoms with Crippen LogP contribution >= 0.6 is 0 Å². The van der Waals surface area contributed by atoms with Crippen LogP contribution in [0.25, 0.3) is 0 Å². The Balaban J connectivity index is 2.40. The number of amides is 1. The summed E-state index contributed by atoms with van der Waals surface area (Å²) in [5, 5.41) is 8.95. The van der Waals surface area contributed by atoms with Gasteiger partial charge in [0.15, 0.2) is 0 Å². The maximum Gasteiger partial charge on any atom is 0.305 e. The van der Waals surface area contributed by atoms with E-state index in [1.54, 1.807) is 29.2 Å². The number of hydrogen-bond acceptors (Lipinski definition) is 2. The van der Waals surface area contributed by atoms with Gasteiger partial charge in [-0.1, -0.05) is 30.3 Å². The lowest BCUT2D eigenvalue weighted by Crippen LogP contribution is -2.33. The Morgan fingerprint density at radius 2 is 1.68 bits per heavy atom. The number of anilines is 1. The number of aliphatic carboxylic acids is 1. The van der Waals surface area contributed by atoms with Crippen molar-refractivity contribution >= 4 is 17.6 Å². The summed E-state index contributed by atoms with van der Waals surface area (Å²) in [7, 11) is 0. The molecular formula is C18H19NO3. The summed E-state index contributed by atoms with van der Waals surface area (Å²) in [5.74, 6) is -1.10. The first-order valence-electron chi connectivity index (χ1n) is 7.15. The minimum absolute atomic E-state index is 0.0913. The summed E-state index contributed by atoms with van der Waals surface area (Å²) in [6.07, 6.45) is -0.0913. The first kappa shape index (κ1) is 15.8. The Morgan fingerprint density at radius 1 is 1.00 bits per heavy atom. The first-order chi connectivity index (χ1) is 10.5. The van der Waals surface area contributed by atoms with E-state index < -0.39 is 5.97 Å². The van der Waals surface area contributed by atoms with Crippen LogP contribution in [0.1, 0.15) is 27.9 Å². The van der Waals surface area contributed by atoms with Crippen LogP contribution in [-0.2, 0) is 4.79 Å². The highest BCUT2D eigenvalue weighted by Gasteiger charge is 2.20. The van der Waals surface area contributed by atoms with Gasteiger partial charge >= 0.3 is 5.97 Å². The highest BCUT2D eigenvalue weighted by Crippen LogP contribution is 2.24. The molecule has 0 aliphatic carbocycles. The third-order valence-electron chi connectivity index (χ3n) is 3.68. The Morgan fingerprint density at radius 3 is 2.32 bits per heavy atom. The van der Waals surface area contributed by atoms with E-state index in [-0.39, 0.29) is 18.9 Å². The van der Waals surface area contributed by atoms with Crippen LogP contribution in [0.2, 0.25) is 0 Å². The van der Waals surface area contributed by atoms with Crippen molar-refractivity contribution in [3.63, 3.8) is 0 Å². The number of benzene rings is 2. The van der Waals surface area contributed by atoms with Gasteiger partial charge < -0.3 is 10.0 Å². The fourth-order valence-corrected chi connectivity index (χ4v) is 2.30. The van der Waals surface area contributed by atoms with Crippen LogP contribution in [0.4, 0.5) is 5.69 Å². The number of aryl methyl sites for hydroxylation is 1. The van der Waals surface area contributed by atoms with Crippen molar-refractivity contribution in [1.29, 1.82) is 0 Å². The number of rotatable bonds is 5. The summed E-state index contributed by atoms with van der Waals surface area (Å²) in [6, 6.07) is 14.6. The quantitative estimate of drug-likeness (QED) is 0.920. The summed E-state index contributed by atoms with van der Waals surface area (Å²) in [6.45, 7) is 4.06. The van der Waals surface area contributed by atoms with Crippen LogP contribution in [-0.4, -0.2) is 23.5 Å². The van der Waals surface area contributed by atoms with Crippen LogP contribution in [0.3, 0.4) is 0 Å². The standard InChI is InChI=1S/C18H19NO3/c1-13-7-6-10-16(14(13)2)19(12-11-17(20)21)18(22)15-8-4-3-5-9-15/h3-10H,11-12H2,1-2H3,(H,20,21). The number of carboxylic acids is 1. The van der Waals surface area contributed by atoms with Crippen molar-refractivity contribution in [1.82, 2.24) is 0 Å². The second-order valence-corrected chi connectivity index (χ2v) is 5.19. The third-order valence-corrected chi connectivity index (χ3v) is 3.68. The molecule has 0 aromatic heterocycles. The smallest absolute Gasteiger partial charge is 0.305 e. The lowest BCUT2D eigenvalue weighted by molar-refractivity contribution is -0.136. The van der Waals surface area contributed by atoms with E-state index in [0.717, 1.165) is 16.8 Å². The molecule has 1 amide bonds. The van der Waals surface area contributed by atoms with Gasteiger partial charge in [-0.25, -0.2) is 0 Å². The van der Waals surface area contributed by atoms with E-state index in [0.29, 0.717) is 5.56 Å². The molecule has 2 aromatic rings. The summed E-state index contributed by atoms with van der Waals surface area (Å²) in [5.41, 5.74) is 3.36. The largest absolute Gasteiger partial charge is 0.481 e. The zero-order chi connectivity index (χ0) is 16.1. The highest BCUT2D eigenvalue weighted by molar-refractivity contribution is 6.06. The minimum atomic E-state index is -0.920. The lowest BCUT2D eigenvalue weighted by Gasteiger charge is -2.25. The molecule has 0 radical (unpaired) electrons. The van der Waals surface area contributed by atoms with Gasteiger partial charge in [0.2, 0.25) is 0 Å². The molecule has 4 nitrogen and oxygen atoms in total. The number of carbonyl (C=O) groups is 2. The van der Waals surface area contributed by atoms with E-state index in [2.05, 4.69) is 0 Å². The Hall–Kier alpha value is -2.62. The lowest BCUT2D eigenvalue weighted by atomic mass is 10.1. The predicted molar refractivity (Wildman–Crippen MR) is 86.3 cm³/mol. The molecule has 0 heterocycles. The number of hydrogen-bond donors (Lipinski definition) is 1. The second-order valence-electron chi connectivity index (χ2n) is 5.19. The van der Waals surface area contributed by atoms with Crippen molar-refractivity contribution in [3.05, 3.63) is 65.2 Å². The van der Waals surface area contributed by atoms with E-state index in [1.807, 2.05) is 38.1 Å². The number of carboxylic acid groups (broad SMARTS) is 1. The fourth-order valence-electron chi connectivity index (χ4n) is 2.30. The van der Waals surface area contributed by atoms with Crippen LogP contribution < -0.4 is 4.90 Å². The van der Waals surface area contributed by atoms with Gasteiger partial charge in [0.1, 0.15) is 0 Å². The molecule has 114 valence electrons. The number of carbonyl (C=O) groups excluding carboxylic acids is 1. The van der Waals surface area contributed by atoms with Gasteiger partial charge in [-0.15, -0.1) is 0 Å². The maximum absolute atomic E-state index is 12.8. The van der Waals surface area contributed by atoms with Crippen molar-refractivity contribution in [2.45, 2.75) is 20.3 Å². The van der Waals surface area contributed by atoms with Gasteiger partial charge in [0, 0.05) is 17.8 Å². The van der Waals surface area contributed by atoms with Crippen molar-refractivity contribution < 1.29 is 14.7 Å². The normalized spacial score (nSPS) is 10.3. The Bertz CT molecular complexity index is 680. The minimum Gasteiger partial charge on any atom is -0.481 e. The summed E-state index contributed by atoms with van der Waals surface area (Å²) >= 11 is 0. The molecule has 22 heavy (non-hydrogen) atoms. The zero-order valence-electron chi connectivity index (χ0n) is 12.7. The molecular weight excluding hydrogens is 278 g/mol. The topological polar surface area (TPSA) is 57.6 Å². The molecule has 0 aliphatic rings. The maximum atomic E-state index is 12.8. The van der Waals surface area contributed by atoms with Gasteiger partial charge in [-0.05, 0) is 43.2 Å². The zero-order valence-corrected chi connectivity index (χ0v) is 12.7. The van der Waals surface area contributed by atoms with E-state index >= 15 is 0 Å². The Labute approximate surface area is 130 Å². The van der Waals surface area contributed by atoms with Crippen LogP contribution in [0.5, 0.6) is 0 Å². The molecule has 0 spiro atoms. The van der Waals surface area contributed by atoms with Gasteiger partial charge in [-0.2, -0.15) is 0 Å². The predicted octanol–water partition coefficient (Wildman–Crippen LogP) is 3.42. The van der Waals surface area contributed by atoms with Crippen molar-refractivity contribution in [2.24, 2.45) is 0 Å². The monoisotopic (exact) mass is 297 g/mol. The molecule has 0 saturated heterocycles. The average molecular weight is 297 g/mol. The SMILES string of the molecule is Cc1cccc(N(CCC(=O)O)C(=O)c2ccccc2)c1C. The van der Waals surface area contributed by atoms with E-state index in [9.17, 15) is 9.59 Å². The average Bonchev–Trinajstić information content (AvgIpc) is 2.51. The van der Waals surface area contributed by atoms with Crippen molar-refractivity contribution in [2.75, 3.05) is 11.4 Å². The molecule has 0 saturated carbocycles. The molecule has 4 heteroatoms. The Kier molecular flexibility index (Phi) is 4.94. The second kappa shape index (κ2) is 6.89. The molecule has 0 fully saturated rings. The molecule has 0 aliphatic heterocycles. The summed E-state index contributed by atoms with van der Waals surface area (Å²) in [4.78, 5) is 25.2. The van der Waals surface area contributed by atoms with E-state index in [4.69, 9.17) is 5.11 Å². The highest BCUT2D eigenvalue weighted by atomic mass is 16.4. The molecule has 0 unspecified atom stereocenters. The fraction of sp³-hybridized carbons (Fsp3) is 0.222. The third kappa shape index (κ3) is 3.52. The van der Waals surface area contributed by atoms with Gasteiger partial charge in [-0.3, -0.25) is 9.59 Å². The molecule has 2 aromatic carbocycles. The van der Waals surface area contributed by atoms with Gasteiger partial charge in [0.05, 0.1) is 6.42 Å². The van der Waals surface area contributed by atoms with Gasteiger partial charge in [0.25, 0.3) is 5.91 Å². The summed E-state index contributed by atoms with van der Waals surface area (Å²) < 4.78 is 0. The number of nitrogens with zero attached hydrogens (tertiary/aromatic N) is 1. The van der Waals surface area contributed by atoms with E-state index in [1.165, 1.54) is 0 Å². The van der Waals surface area contributed by atoms with Crippen molar-refractivity contribution in [3.8, 4) is 0 Å². The molecule has 0 bridgehead atoms. The van der Waals surface area contributed by atoms with Crippen LogP contribution in [0.15, 0.2) is 48.5 Å². The molecule has 0 atom stereocenters. The molecule has 1 N–H and O–H groups in total. The first-order valence-corrected chi connectivity index (χ1v) is 7.15.